The number of carbonyl (C=O) groups is 1. The zero-order valence-electron chi connectivity index (χ0n) is 11.5. The van der Waals surface area contributed by atoms with Crippen LogP contribution in [0.25, 0.3) is 0 Å². The second kappa shape index (κ2) is 6.17. The second-order valence-electron chi connectivity index (χ2n) is 4.99. The van der Waals surface area contributed by atoms with Gasteiger partial charge < -0.3 is 15.0 Å². The Kier molecular flexibility index (Phi) is 4.54. The summed E-state index contributed by atoms with van der Waals surface area (Å²) in [6, 6.07) is 6.30. The molecule has 0 spiro atoms. The fraction of sp³-hybridized carbons (Fsp3) is 0.500. The van der Waals surface area contributed by atoms with E-state index in [1.54, 1.807) is 17.0 Å². The molecule has 1 amide bonds. The highest BCUT2D eigenvalue weighted by Gasteiger charge is 2.29. The summed E-state index contributed by atoms with van der Waals surface area (Å²) in [7, 11) is 0. The molecule has 110 valence electrons. The average Bonchev–Trinajstić information content (AvgIpc) is 2.41. The number of piperazine rings is 1. The lowest BCUT2D eigenvalue weighted by Gasteiger charge is -2.37. The van der Waals surface area contributed by atoms with Gasteiger partial charge in [0, 0.05) is 25.2 Å². The van der Waals surface area contributed by atoms with E-state index in [9.17, 15) is 13.6 Å². The lowest BCUT2D eigenvalue weighted by molar-refractivity contribution is -0.0503. The van der Waals surface area contributed by atoms with Gasteiger partial charge in [0.15, 0.2) is 0 Å². The van der Waals surface area contributed by atoms with Crippen LogP contribution < -0.4 is 10.1 Å². The number of benzene rings is 1. The van der Waals surface area contributed by atoms with Gasteiger partial charge in [0.25, 0.3) is 5.91 Å². The first-order chi connectivity index (χ1) is 9.49. The van der Waals surface area contributed by atoms with Crippen molar-refractivity contribution in [1.82, 2.24) is 10.2 Å². The molecule has 0 aromatic heterocycles. The summed E-state index contributed by atoms with van der Waals surface area (Å²) >= 11 is 0. The van der Waals surface area contributed by atoms with Crippen LogP contribution in [-0.4, -0.2) is 42.6 Å². The van der Waals surface area contributed by atoms with Gasteiger partial charge in [-0.05, 0) is 26.0 Å². The van der Waals surface area contributed by atoms with Crippen molar-refractivity contribution in [3.8, 4) is 5.75 Å². The SMILES string of the molecule is CC1CN(C(=O)c2ccccc2OC(F)F)C(C)CN1. The maximum absolute atomic E-state index is 12.5. The molecule has 0 radical (unpaired) electrons. The lowest BCUT2D eigenvalue weighted by Crippen LogP contribution is -2.56. The fourth-order valence-corrected chi connectivity index (χ4v) is 2.30. The molecule has 1 N–H and O–H groups in total. The molecular weight excluding hydrogens is 266 g/mol. The Morgan fingerprint density at radius 2 is 2.10 bits per heavy atom. The molecule has 0 bridgehead atoms. The predicted molar refractivity (Wildman–Crippen MR) is 71.0 cm³/mol. The summed E-state index contributed by atoms with van der Waals surface area (Å²) in [4.78, 5) is 14.2. The summed E-state index contributed by atoms with van der Waals surface area (Å²) in [5, 5.41) is 3.27. The van der Waals surface area contributed by atoms with Crippen LogP contribution in [0, 0.1) is 0 Å². The number of rotatable bonds is 3. The van der Waals surface area contributed by atoms with Crippen molar-refractivity contribution in [1.29, 1.82) is 0 Å². The Balaban J connectivity index is 2.24. The van der Waals surface area contributed by atoms with Crippen molar-refractivity contribution in [2.24, 2.45) is 0 Å². The van der Waals surface area contributed by atoms with E-state index in [0.29, 0.717) is 13.1 Å². The highest BCUT2D eigenvalue weighted by Crippen LogP contribution is 2.23. The van der Waals surface area contributed by atoms with E-state index in [1.807, 2.05) is 13.8 Å². The number of alkyl halides is 2. The molecule has 1 aromatic rings. The topological polar surface area (TPSA) is 41.6 Å². The third kappa shape index (κ3) is 3.25. The summed E-state index contributed by atoms with van der Waals surface area (Å²) < 4.78 is 29.2. The highest BCUT2D eigenvalue weighted by molar-refractivity contribution is 5.97. The van der Waals surface area contributed by atoms with Crippen molar-refractivity contribution >= 4 is 5.91 Å². The molecule has 0 aliphatic carbocycles. The van der Waals surface area contributed by atoms with Crippen molar-refractivity contribution < 1.29 is 18.3 Å². The summed E-state index contributed by atoms with van der Waals surface area (Å²) in [5.41, 5.74) is 0.175. The Hall–Kier alpha value is -1.69. The number of amides is 1. The van der Waals surface area contributed by atoms with Crippen LogP contribution in [0.4, 0.5) is 8.78 Å². The number of hydrogen-bond acceptors (Lipinski definition) is 3. The van der Waals surface area contributed by atoms with Gasteiger partial charge in [0.05, 0.1) is 5.56 Å². The van der Waals surface area contributed by atoms with Crippen LogP contribution in [-0.2, 0) is 0 Å². The number of ether oxygens (including phenoxy) is 1. The van der Waals surface area contributed by atoms with Crippen LogP contribution >= 0.6 is 0 Å². The fourth-order valence-electron chi connectivity index (χ4n) is 2.30. The maximum atomic E-state index is 12.5. The van der Waals surface area contributed by atoms with Crippen LogP contribution in [0.1, 0.15) is 24.2 Å². The second-order valence-corrected chi connectivity index (χ2v) is 4.99. The number of carbonyl (C=O) groups excluding carboxylic acids is 1. The zero-order chi connectivity index (χ0) is 14.7. The Bertz CT molecular complexity index is 482. The van der Waals surface area contributed by atoms with Gasteiger partial charge in [0.1, 0.15) is 5.75 Å². The largest absolute Gasteiger partial charge is 0.434 e. The Morgan fingerprint density at radius 1 is 1.40 bits per heavy atom. The van der Waals surface area contributed by atoms with Crippen LogP contribution in [0.3, 0.4) is 0 Å². The molecule has 1 aliphatic heterocycles. The first-order valence-corrected chi connectivity index (χ1v) is 6.57. The third-order valence-electron chi connectivity index (χ3n) is 3.36. The van der Waals surface area contributed by atoms with Crippen molar-refractivity contribution in [2.45, 2.75) is 32.5 Å². The van der Waals surface area contributed by atoms with E-state index in [0.717, 1.165) is 0 Å². The summed E-state index contributed by atoms with van der Waals surface area (Å²) in [6.45, 7) is 2.19. The number of halogens is 2. The molecule has 1 heterocycles. The van der Waals surface area contributed by atoms with E-state index < -0.39 is 6.61 Å². The number of hydrogen-bond donors (Lipinski definition) is 1. The number of para-hydroxylation sites is 1. The third-order valence-corrected chi connectivity index (χ3v) is 3.36. The van der Waals surface area contributed by atoms with Gasteiger partial charge in [0.2, 0.25) is 0 Å². The molecule has 0 saturated carbocycles. The minimum Gasteiger partial charge on any atom is -0.434 e. The lowest BCUT2D eigenvalue weighted by atomic mass is 10.1. The number of nitrogens with zero attached hydrogens (tertiary/aromatic N) is 1. The van der Waals surface area contributed by atoms with Gasteiger partial charge >= 0.3 is 6.61 Å². The molecule has 1 aromatic carbocycles. The highest BCUT2D eigenvalue weighted by atomic mass is 19.3. The molecule has 6 heteroatoms. The van der Waals surface area contributed by atoms with Crippen molar-refractivity contribution in [3.05, 3.63) is 29.8 Å². The quantitative estimate of drug-likeness (QED) is 0.924. The molecule has 2 unspecified atom stereocenters. The summed E-state index contributed by atoms with van der Waals surface area (Å²) in [5.74, 6) is -0.354. The van der Waals surface area contributed by atoms with Crippen LogP contribution in [0.5, 0.6) is 5.75 Å². The van der Waals surface area contributed by atoms with Crippen LogP contribution in [0.2, 0.25) is 0 Å². The molecule has 1 saturated heterocycles. The van der Waals surface area contributed by atoms with E-state index in [-0.39, 0.29) is 29.3 Å². The Labute approximate surface area is 116 Å². The van der Waals surface area contributed by atoms with Crippen LogP contribution in [0.15, 0.2) is 24.3 Å². The minimum absolute atomic E-state index is 0.0123. The van der Waals surface area contributed by atoms with Gasteiger partial charge in [-0.1, -0.05) is 12.1 Å². The monoisotopic (exact) mass is 284 g/mol. The zero-order valence-corrected chi connectivity index (χ0v) is 11.5. The van der Waals surface area contributed by atoms with Gasteiger partial charge in [-0.3, -0.25) is 4.79 Å². The summed E-state index contributed by atoms with van der Waals surface area (Å²) in [6.07, 6.45) is 0. The van der Waals surface area contributed by atoms with Gasteiger partial charge in [-0.15, -0.1) is 0 Å². The van der Waals surface area contributed by atoms with Gasteiger partial charge in [-0.25, -0.2) is 0 Å². The molecule has 1 aliphatic rings. The normalized spacial score (nSPS) is 22.9. The molecule has 1 fully saturated rings. The van der Waals surface area contributed by atoms with Crippen molar-refractivity contribution in [3.63, 3.8) is 0 Å². The molecular formula is C14H18F2N2O2. The van der Waals surface area contributed by atoms with Crippen molar-refractivity contribution in [2.75, 3.05) is 13.1 Å². The van der Waals surface area contributed by atoms with E-state index >= 15 is 0 Å². The van der Waals surface area contributed by atoms with E-state index in [4.69, 9.17) is 0 Å². The minimum atomic E-state index is -2.94. The standard InChI is InChI=1S/C14H18F2N2O2/c1-9-8-18(10(2)7-17-9)13(19)11-5-3-4-6-12(11)20-14(15)16/h3-6,9-10,14,17H,7-8H2,1-2H3. The smallest absolute Gasteiger partial charge is 0.387 e. The molecule has 2 atom stereocenters. The maximum Gasteiger partial charge on any atom is 0.387 e. The molecule has 4 nitrogen and oxygen atoms in total. The first kappa shape index (κ1) is 14.7. The predicted octanol–water partition coefficient (Wildman–Crippen LogP) is 2.11. The van der Waals surface area contributed by atoms with Gasteiger partial charge in [-0.2, -0.15) is 8.78 Å². The molecule has 2 rings (SSSR count). The Morgan fingerprint density at radius 3 is 2.80 bits per heavy atom. The number of nitrogens with one attached hydrogen (secondary N) is 1. The molecule has 20 heavy (non-hydrogen) atoms. The average molecular weight is 284 g/mol. The first-order valence-electron chi connectivity index (χ1n) is 6.57. The van der Waals surface area contributed by atoms with E-state index in [2.05, 4.69) is 10.1 Å². The van der Waals surface area contributed by atoms with E-state index in [1.165, 1.54) is 12.1 Å².